The summed E-state index contributed by atoms with van der Waals surface area (Å²) in [5.41, 5.74) is 4.16. The molecule has 1 aromatic heterocycles. The maximum absolute atomic E-state index is 12.9. The van der Waals surface area contributed by atoms with E-state index in [-0.39, 0.29) is 19.1 Å². The van der Waals surface area contributed by atoms with E-state index in [0.29, 0.717) is 16.7 Å². The number of benzene rings is 1. The summed E-state index contributed by atoms with van der Waals surface area (Å²) in [6.45, 7) is 5.98. The van der Waals surface area contributed by atoms with Gasteiger partial charge in [0.25, 0.3) is 5.91 Å². The lowest BCUT2D eigenvalue weighted by molar-refractivity contribution is -0.110. The molecule has 0 atom stereocenters. The summed E-state index contributed by atoms with van der Waals surface area (Å²) in [4.78, 5) is 15.4. The van der Waals surface area contributed by atoms with Crippen molar-refractivity contribution in [1.82, 2.24) is 4.98 Å². The Morgan fingerprint density at radius 1 is 1.16 bits per heavy atom. The van der Waals surface area contributed by atoms with Crippen LogP contribution in [-0.2, 0) is 18.4 Å². The van der Waals surface area contributed by atoms with Crippen molar-refractivity contribution in [3.8, 4) is 0 Å². The van der Waals surface area contributed by atoms with Gasteiger partial charge in [0.2, 0.25) is 0 Å². The number of aryl methyl sites for hydroxylation is 1. The molecule has 3 rings (SSSR count). The molecule has 0 saturated heterocycles. The van der Waals surface area contributed by atoms with E-state index < -0.39 is 7.60 Å². The van der Waals surface area contributed by atoms with Crippen LogP contribution in [0, 0.1) is 6.92 Å². The van der Waals surface area contributed by atoms with Crippen molar-refractivity contribution in [2.24, 2.45) is 0 Å². The average Bonchev–Trinajstić information content (AvgIpc) is 3.10. The lowest BCUT2D eigenvalue weighted by atomic mass is 10.1. The Kier molecular flexibility index (Phi) is 4.95. The van der Waals surface area contributed by atoms with Gasteiger partial charge in [0.1, 0.15) is 5.44 Å². The standard InChI is InChI=1S/C18H21N2O4P/c1-4-23-25(22,24-5-2)17-10-12(3)16(19-17)11-14-13-8-6-7-9-15(13)20-18(14)21/h6-11,19H,4-5H2,1-3H3,(H,20,21)/b14-11-. The highest BCUT2D eigenvalue weighted by molar-refractivity contribution is 7.61. The van der Waals surface area contributed by atoms with E-state index in [1.807, 2.05) is 31.2 Å². The number of rotatable bonds is 6. The fourth-order valence-electron chi connectivity index (χ4n) is 2.80. The fraction of sp³-hybridized carbons (Fsp3) is 0.278. The van der Waals surface area contributed by atoms with E-state index in [1.54, 1.807) is 26.0 Å². The topological polar surface area (TPSA) is 80.4 Å². The second kappa shape index (κ2) is 7.00. The number of nitrogens with one attached hydrogen (secondary N) is 2. The van der Waals surface area contributed by atoms with Crippen LogP contribution in [0.1, 0.15) is 30.7 Å². The Bertz CT molecular complexity index is 875. The van der Waals surface area contributed by atoms with Crippen LogP contribution in [0.4, 0.5) is 5.69 Å². The second-order valence-corrected chi connectivity index (χ2v) is 7.64. The van der Waals surface area contributed by atoms with Crippen molar-refractivity contribution in [3.63, 3.8) is 0 Å². The van der Waals surface area contributed by atoms with Crippen LogP contribution in [-0.4, -0.2) is 24.1 Å². The number of carbonyl (C=O) groups excluding carboxylic acids is 1. The monoisotopic (exact) mass is 360 g/mol. The van der Waals surface area contributed by atoms with Crippen molar-refractivity contribution < 1.29 is 18.4 Å². The number of hydrogen-bond donors (Lipinski definition) is 2. The molecule has 2 N–H and O–H groups in total. The fourth-order valence-corrected chi connectivity index (χ4v) is 4.44. The van der Waals surface area contributed by atoms with Gasteiger partial charge in [-0.1, -0.05) is 18.2 Å². The molecular formula is C18H21N2O4P. The quantitative estimate of drug-likeness (QED) is 0.608. The molecule has 2 heterocycles. The molecule has 6 nitrogen and oxygen atoms in total. The number of anilines is 1. The molecule has 1 aromatic carbocycles. The first-order valence-corrected chi connectivity index (χ1v) is 9.74. The zero-order valence-electron chi connectivity index (χ0n) is 14.5. The lowest BCUT2D eigenvalue weighted by Gasteiger charge is -2.15. The van der Waals surface area contributed by atoms with Gasteiger partial charge in [-0.3, -0.25) is 9.36 Å². The maximum Gasteiger partial charge on any atom is 0.377 e. The minimum absolute atomic E-state index is 0.158. The van der Waals surface area contributed by atoms with Crippen LogP contribution < -0.4 is 10.8 Å². The summed E-state index contributed by atoms with van der Waals surface area (Å²) in [5.74, 6) is -0.158. The molecule has 2 aromatic rings. The van der Waals surface area contributed by atoms with Gasteiger partial charge in [-0.25, -0.2) is 0 Å². The third kappa shape index (κ3) is 3.33. The van der Waals surface area contributed by atoms with Gasteiger partial charge in [0.05, 0.1) is 18.8 Å². The van der Waals surface area contributed by atoms with Crippen LogP contribution in [0.5, 0.6) is 0 Å². The normalized spacial score (nSPS) is 15.5. The number of aromatic nitrogens is 1. The molecule has 0 aliphatic carbocycles. The zero-order valence-corrected chi connectivity index (χ0v) is 15.4. The minimum Gasteiger partial charge on any atom is -0.349 e. The van der Waals surface area contributed by atoms with Gasteiger partial charge >= 0.3 is 7.60 Å². The highest BCUT2D eigenvalue weighted by atomic mass is 31.2. The molecule has 1 aliphatic heterocycles. The van der Waals surface area contributed by atoms with Gasteiger partial charge in [-0.05, 0) is 44.5 Å². The molecule has 0 fully saturated rings. The second-order valence-electron chi connectivity index (χ2n) is 5.64. The first kappa shape index (κ1) is 17.7. The first-order chi connectivity index (χ1) is 12.0. The predicted octanol–water partition coefficient (Wildman–Crippen LogP) is 3.71. The summed E-state index contributed by atoms with van der Waals surface area (Å²) in [6.07, 6.45) is 1.77. The van der Waals surface area contributed by atoms with E-state index in [4.69, 9.17) is 9.05 Å². The summed E-state index contributed by atoms with van der Waals surface area (Å²) in [5, 5.41) is 2.84. The van der Waals surface area contributed by atoms with Gasteiger partial charge in [-0.2, -0.15) is 0 Å². The number of H-pyrrole nitrogens is 1. The maximum atomic E-state index is 12.9. The highest BCUT2D eigenvalue weighted by Gasteiger charge is 2.30. The molecule has 1 amide bonds. The van der Waals surface area contributed by atoms with Gasteiger partial charge < -0.3 is 19.3 Å². The molecule has 0 radical (unpaired) electrons. The van der Waals surface area contributed by atoms with Gasteiger partial charge in [0, 0.05) is 16.9 Å². The largest absolute Gasteiger partial charge is 0.377 e. The molecule has 25 heavy (non-hydrogen) atoms. The van der Waals surface area contributed by atoms with Crippen LogP contribution in [0.15, 0.2) is 30.3 Å². The Balaban J connectivity index is 2.02. The number of aromatic amines is 1. The van der Waals surface area contributed by atoms with Crippen molar-refractivity contribution in [2.45, 2.75) is 20.8 Å². The van der Waals surface area contributed by atoms with Crippen molar-refractivity contribution in [2.75, 3.05) is 18.5 Å². The minimum atomic E-state index is -3.39. The van der Waals surface area contributed by atoms with Crippen molar-refractivity contribution in [1.29, 1.82) is 0 Å². The lowest BCUT2D eigenvalue weighted by Crippen LogP contribution is -2.11. The molecule has 0 saturated carbocycles. The van der Waals surface area contributed by atoms with E-state index >= 15 is 0 Å². The molecular weight excluding hydrogens is 339 g/mol. The average molecular weight is 360 g/mol. The SMILES string of the molecule is CCOP(=O)(OCC)c1cc(C)c(/C=C2\C(=O)Nc3ccccc32)[nH]1. The van der Waals surface area contributed by atoms with Gasteiger partial charge in [0.15, 0.2) is 0 Å². The van der Waals surface area contributed by atoms with Gasteiger partial charge in [-0.15, -0.1) is 0 Å². The Morgan fingerprint density at radius 3 is 2.52 bits per heavy atom. The molecule has 0 spiro atoms. The van der Waals surface area contributed by atoms with Crippen LogP contribution in [0.2, 0.25) is 0 Å². The summed E-state index contributed by atoms with van der Waals surface area (Å²) >= 11 is 0. The third-order valence-electron chi connectivity index (χ3n) is 3.93. The molecule has 0 bridgehead atoms. The van der Waals surface area contributed by atoms with E-state index in [0.717, 1.165) is 16.8 Å². The van der Waals surface area contributed by atoms with Crippen molar-refractivity contribution >= 4 is 36.3 Å². The Labute approximate surface area is 146 Å². The van der Waals surface area contributed by atoms with E-state index in [9.17, 15) is 9.36 Å². The summed E-state index contributed by atoms with van der Waals surface area (Å²) < 4.78 is 23.7. The Morgan fingerprint density at radius 2 is 1.84 bits per heavy atom. The predicted molar refractivity (Wildman–Crippen MR) is 99.0 cm³/mol. The van der Waals surface area contributed by atoms with E-state index in [2.05, 4.69) is 10.3 Å². The van der Waals surface area contributed by atoms with Crippen LogP contribution in [0.3, 0.4) is 0 Å². The van der Waals surface area contributed by atoms with Crippen LogP contribution >= 0.6 is 7.60 Å². The summed E-state index contributed by atoms with van der Waals surface area (Å²) in [6, 6.07) is 9.26. The molecule has 132 valence electrons. The Hall–Kier alpha value is -2.14. The summed E-state index contributed by atoms with van der Waals surface area (Å²) in [7, 11) is -3.39. The molecule has 0 unspecified atom stereocenters. The molecule has 1 aliphatic rings. The third-order valence-corrected chi connectivity index (χ3v) is 5.96. The highest BCUT2D eigenvalue weighted by Crippen LogP contribution is 2.46. The number of hydrogen-bond acceptors (Lipinski definition) is 4. The number of carbonyl (C=O) groups is 1. The smallest absolute Gasteiger partial charge is 0.349 e. The number of amides is 1. The number of para-hydroxylation sites is 1. The van der Waals surface area contributed by atoms with Crippen molar-refractivity contribution in [3.05, 3.63) is 47.2 Å². The van der Waals surface area contributed by atoms with E-state index in [1.165, 1.54) is 0 Å². The van der Waals surface area contributed by atoms with Crippen LogP contribution in [0.25, 0.3) is 11.6 Å². The zero-order chi connectivity index (χ0) is 18.0. The molecule has 7 heteroatoms. The first-order valence-electron chi connectivity index (χ1n) is 8.20. The number of fused-ring (bicyclic) bond motifs is 1.